The van der Waals surface area contributed by atoms with E-state index in [4.69, 9.17) is 9.57 Å². The van der Waals surface area contributed by atoms with Crippen molar-refractivity contribution >= 4 is 6.09 Å². The molecular formula is C23H27N5O5. The molecule has 0 radical (unpaired) electrons. The van der Waals surface area contributed by atoms with E-state index in [9.17, 15) is 15.0 Å². The summed E-state index contributed by atoms with van der Waals surface area (Å²) in [5, 5.41) is 25.2. The number of aromatic nitrogens is 4. The Morgan fingerprint density at radius 1 is 1.09 bits per heavy atom. The molecule has 0 saturated carbocycles. The van der Waals surface area contributed by atoms with E-state index < -0.39 is 6.09 Å². The molecule has 10 heteroatoms. The predicted octanol–water partition coefficient (Wildman–Crippen LogP) is 2.70. The lowest BCUT2D eigenvalue weighted by Crippen LogP contribution is -2.41. The number of carbonyl (C=O) groups excluding carboxylic acids is 1. The smallest absolute Gasteiger partial charge is 0.416 e. The zero-order valence-electron chi connectivity index (χ0n) is 18.3. The molecule has 10 nitrogen and oxygen atoms in total. The van der Waals surface area contributed by atoms with Crippen molar-refractivity contribution in [2.45, 2.75) is 38.5 Å². The second-order valence-electron chi connectivity index (χ2n) is 8.50. The summed E-state index contributed by atoms with van der Waals surface area (Å²) >= 11 is 0. The zero-order valence-corrected chi connectivity index (χ0v) is 18.3. The molecule has 4 heterocycles. The molecule has 0 unspecified atom stereocenters. The summed E-state index contributed by atoms with van der Waals surface area (Å²) in [6, 6.07) is 5.03. The lowest BCUT2D eigenvalue weighted by atomic mass is 9.95. The van der Waals surface area contributed by atoms with Crippen LogP contribution in [-0.2, 0) is 12.8 Å². The highest BCUT2D eigenvalue weighted by molar-refractivity contribution is 5.70. The van der Waals surface area contributed by atoms with Gasteiger partial charge in [0.2, 0.25) is 17.6 Å². The first-order valence-electron chi connectivity index (χ1n) is 11.3. The van der Waals surface area contributed by atoms with Crippen molar-refractivity contribution < 1.29 is 24.6 Å². The number of hydrogen-bond acceptors (Lipinski definition) is 7. The lowest BCUT2D eigenvalue weighted by Gasteiger charge is -2.30. The number of aromatic hydroxyl groups is 2. The zero-order chi connectivity index (χ0) is 22.8. The molecular weight excluding hydrogens is 426 g/mol. The molecule has 0 atom stereocenters. The highest BCUT2D eigenvalue weighted by atomic mass is 16.7. The third-order valence-electron chi connectivity index (χ3n) is 6.40. The maximum atomic E-state index is 12.5. The Kier molecular flexibility index (Phi) is 5.80. The molecule has 3 aromatic rings. The number of carbonyl (C=O) groups is 1. The summed E-state index contributed by atoms with van der Waals surface area (Å²) in [5.41, 5.74) is 2.11. The molecule has 33 heavy (non-hydrogen) atoms. The van der Waals surface area contributed by atoms with Gasteiger partial charge >= 0.3 is 6.09 Å². The first kappa shape index (κ1) is 21.2. The number of pyridine rings is 1. The molecule has 5 rings (SSSR count). The molecule has 2 N–H and O–H groups in total. The van der Waals surface area contributed by atoms with Crippen LogP contribution in [0, 0.1) is 5.92 Å². The standard InChI is InChI=1S/C23H27N5O5/c29-21-18-4-1-2-5-19(18)22(30)28(21)17-6-7-20(24-14-17)33-23(31)26-12-8-16(9-13-26)15-32-27-11-3-10-25-27/h3,6-7,10-11,14,16,29-30H,1-2,4-5,8-9,12-13,15H2. The van der Waals surface area contributed by atoms with Crippen molar-refractivity contribution in [1.29, 1.82) is 0 Å². The number of piperidine rings is 1. The van der Waals surface area contributed by atoms with Crippen LogP contribution in [0.1, 0.15) is 36.8 Å². The minimum Gasteiger partial charge on any atom is -0.494 e. The van der Waals surface area contributed by atoms with E-state index in [0.717, 1.165) is 49.7 Å². The van der Waals surface area contributed by atoms with Crippen molar-refractivity contribution in [3.05, 3.63) is 47.9 Å². The van der Waals surface area contributed by atoms with Crippen molar-refractivity contribution in [2.75, 3.05) is 19.7 Å². The van der Waals surface area contributed by atoms with E-state index in [1.165, 1.54) is 15.6 Å². The minimum absolute atomic E-state index is 0.0492. The van der Waals surface area contributed by atoms with Gasteiger partial charge < -0.3 is 24.7 Å². The highest BCUT2D eigenvalue weighted by Gasteiger charge is 2.27. The number of fused-ring (bicyclic) bond motifs is 1. The first-order valence-corrected chi connectivity index (χ1v) is 11.3. The van der Waals surface area contributed by atoms with Gasteiger partial charge in [0.1, 0.15) is 6.61 Å². The van der Waals surface area contributed by atoms with Crippen LogP contribution in [0.25, 0.3) is 5.69 Å². The SMILES string of the molecule is O=C(Oc1ccc(-n2c(O)c3c(c2O)CCCC3)cn1)N1CCC(COn2cccn2)CC1. The second kappa shape index (κ2) is 9.05. The number of amides is 1. The Morgan fingerprint density at radius 3 is 2.42 bits per heavy atom. The topological polar surface area (TPSA) is 115 Å². The van der Waals surface area contributed by atoms with Crippen molar-refractivity contribution in [3.63, 3.8) is 0 Å². The number of rotatable bonds is 5. The van der Waals surface area contributed by atoms with Gasteiger partial charge in [-0.05, 0) is 56.6 Å². The summed E-state index contributed by atoms with van der Waals surface area (Å²) in [4.78, 5) is 25.5. The summed E-state index contributed by atoms with van der Waals surface area (Å²) in [7, 11) is 0. The van der Waals surface area contributed by atoms with Crippen LogP contribution in [0.4, 0.5) is 4.79 Å². The fraction of sp³-hybridized carbons (Fsp3) is 0.435. The van der Waals surface area contributed by atoms with Crippen LogP contribution in [0.15, 0.2) is 36.8 Å². The lowest BCUT2D eigenvalue weighted by molar-refractivity contribution is 0.0365. The maximum absolute atomic E-state index is 12.5. The van der Waals surface area contributed by atoms with Gasteiger partial charge in [-0.1, -0.05) is 0 Å². The quantitative estimate of drug-likeness (QED) is 0.610. The third-order valence-corrected chi connectivity index (χ3v) is 6.40. The van der Waals surface area contributed by atoms with Gasteiger partial charge in [0, 0.05) is 30.3 Å². The Bertz CT molecular complexity index is 1070. The molecule has 3 aromatic heterocycles. The predicted molar refractivity (Wildman–Crippen MR) is 118 cm³/mol. The van der Waals surface area contributed by atoms with E-state index in [1.807, 2.05) is 0 Å². The Labute approximate surface area is 190 Å². The van der Waals surface area contributed by atoms with E-state index in [0.29, 0.717) is 31.3 Å². The van der Waals surface area contributed by atoms with Crippen LogP contribution in [-0.4, -0.2) is 60.4 Å². The monoisotopic (exact) mass is 453 g/mol. The molecule has 0 aromatic carbocycles. The third kappa shape index (κ3) is 4.33. The van der Waals surface area contributed by atoms with Gasteiger partial charge in [0.05, 0.1) is 24.3 Å². The maximum Gasteiger partial charge on any atom is 0.416 e. The number of nitrogens with zero attached hydrogens (tertiary/aromatic N) is 5. The fourth-order valence-electron chi connectivity index (χ4n) is 4.53. The van der Waals surface area contributed by atoms with E-state index >= 15 is 0 Å². The normalized spacial score (nSPS) is 16.4. The first-order chi connectivity index (χ1) is 16.1. The second-order valence-corrected chi connectivity index (χ2v) is 8.50. The van der Waals surface area contributed by atoms with Gasteiger partial charge in [-0.15, -0.1) is 9.94 Å². The van der Waals surface area contributed by atoms with Gasteiger partial charge in [-0.3, -0.25) is 0 Å². The molecule has 1 aliphatic carbocycles. The number of hydrogen-bond donors (Lipinski definition) is 2. The molecule has 1 saturated heterocycles. The van der Waals surface area contributed by atoms with Gasteiger partial charge in [0.15, 0.2) is 0 Å². The van der Waals surface area contributed by atoms with Crippen molar-refractivity contribution in [1.82, 2.24) is 24.4 Å². The molecule has 1 amide bonds. The molecule has 174 valence electrons. The minimum atomic E-state index is -0.441. The van der Waals surface area contributed by atoms with Crippen LogP contribution < -0.4 is 9.57 Å². The van der Waals surface area contributed by atoms with Crippen LogP contribution in [0.2, 0.25) is 0 Å². The summed E-state index contributed by atoms with van der Waals surface area (Å²) < 4.78 is 6.83. The van der Waals surface area contributed by atoms with Crippen molar-refractivity contribution in [3.8, 4) is 23.3 Å². The molecule has 2 aliphatic rings. The average Bonchev–Trinajstić information content (AvgIpc) is 3.46. The summed E-state index contributed by atoms with van der Waals surface area (Å²) in [5.74, 6) is 0.619. The van der Waals surface area contributed by atoms with E-state index in [-0.39, 0.29) is 17.6 Å². The number of ether oxygens (including phenoxy) is 1. The van der Waals surface area contributed by atoms with Crippen LogP contribution in [0.3, 0.4) is 0 Å². The highest BCUT2D eigenvalue weighted by Crippen LogP contribution is 2.40. The van der Waals surface area contributed by atoms with Crippen LogP contribution in [0.5, 0.6) is 17.6 Å². The number of likely N-dealkylation sites (tertiary alicyclic amines) is 1. The molecule has 1 fully saturated rings. The molecule has 0 spiro atoms. The largest absolute Gasteiger partial charge is 0.494 e. The average molecular weight is 453 g/mol. The molecule has 1 aliphatic heterocycles. The van der Waals surface area contributed by atoms with Gasteiger partial charge in [0.25, 0.3) is 0 Å². The van der Waals surface area contributed by atoms with E-state index in [1.54, 1.807) is 35.5 Å². The fourth-order valence-corrected chi connectivity index (χ4v) is 4.53. The summed E-state index contributed by atoms with van der Waals surface area (Å²) in [6.45, 7) is 1.72. The van der Waals surface area contributed by atoms with Gasteiger partial charge in [-0.25, -0.2) is 14.3 Å². The van der Waals surface area contributed by atoms with Gasteiger partial charge in [-0.2, -0.15) is 0 Å². The van der Waals surface area contributed by atoms with Crippen LogP contribution >= 0.6 is 0 Å². The Morgan fingerprint density at radius 2 is 1.82 bits per heavy atom. The Hall–Kier alpha value is -3.69. The molecule has 0 bridgehead atoms. The Balaban J connectivity index is 1.17. The van der Waals surface area contributed by atoms with Crippen molar-refractivity contribution in [2.24, 2.45) is 5.92 Å². The summed E-state index contributed by atoms with van der Waals surface area (Å²) in [6.07, 6.45) is 9.56. The van der Waals surface area contributed by atoms with E-state index in [2.05, 4.69) is 10.1 Å².